The molecule has 2 aromatic carbocycles. The standard InChI is InChI=1S/C24H22F3N3O4/c1-15-5-10-21(28-11-15)30-17(12-31)13-33-22-19(3-2-4-20(22)30)23(32)29-16-6-8-18(9-7-16)34-14-24(25,26)27/h2-11,17,31H,12-14H2,1H3,(H,29,32)/t17-/m0/s1. The summed E-state index contributed by atoms with van der Waals surface area (Å²) in [6.45, 7) is 0.501. The number of fused-ring (bicyclic) bond motifs is 1. The van der Waals surface area contributed by atoms with E-state index in [1.54, 1.807) is 24.4 Å². The number of benzene rings is 2. The first-order valence-corrected chi connectivity index (χ1v) is 10.4. The number of para-hydroxylation sites is 1. The number of aryl methyl sites for hydroxylation is 1. The van der Waals surface area contributed by atoms with Crippen molar-refractivity contribution < 1.29 is 32.5 Å². The van der Waals surface area contributed by atoms with E-state index in [1.807, 2.05) is 24.0 Å². The largest absolute Gasteiger partial charge is 0.488 e. The number of aliphatic hydroxyl groups is 1. The van der Waals surface area contributed by atoms with Crippen molar-refractivity contribution in [2.75, 3.05) is 30.0 Å². The van der Waals surface area contributed by atoms with Crippen LogP contribution in [0.3, 0.4) is 0 Å². The molecule has 3 aromatic rings. The molecule has 1 aliphatic rings. The lowest BCUT2D eigenvalue weighted by Gasteiger charge is -2.37. The molecule has 0 fully saturated rings. The van der Waals surface area contributed by atoms with Crippen molar-refractivity contribution in [2.45, 2.75) is 19.1 Å². The van der Waals surface area contributed by atoms with Crippen LogP contribution in [0, 0.1) is 6.92 Å². The van der Waals surface area contributed by atoms with E-state index in [1.165, 1.54) is 24.3 Å². The number of amides is 1. The van der Waals surface area contributed by atoms with Crippen LogP contribution in [0.2, 0.25) is 0 Å². The van der Waals surface area contributed by atoms with Crippen LogP contribution in [0.5, 0.6) is 11.5 Å². The Hall–Kier alpha value is -3.79. The molecule has 1 aliphatic heterocycles. The van der Waals surface area contributed by atoms with E-state index in [2.05, 4.69) is 15.0 Å². The van der Waals surface area contributed by atoms with Crippen LogP contribution < -0.4 is 19.7 Å². The number of hydrogen-bond donors (Lipinski definition) is 2. The van der Waals surface area contributed by atoms with Crippen molar-refractivity contribution in [1.82, 2.24) is 4.98 Å². The van der Waals surface area contributed by atoms with Gasteiger partial charge in [-0.25, -0.2) is 4.98 Å². The number of nitrogens with one attached hydrogen (secondary N) is 1. The summed E-state index contributed by atoms with van der Waals surface area (Å²) in [5.74, 6) is 0.533. The highest BCUT2D eigenvalue weighted by molar-refractivity contribution is 6.07. The number of rotatable bonds is 6. The fourth-order valence-electron chi connectivity index (χ4n) is 3.54. The molecule has 1 amide bonds. The predicted molar refractivity (Wildman–Crippen MR) is 120 cm³/mol. The third-order valence-electron chi connectivity index (χ3n) is 5.15. The van der Waals surface area contributed by atoms with Gasteiger partial charge in [-0.1, -0.05) is 12.1 Å². The van der Waals surface area contributed by atoms with Crippen molar-refractivity contribution in [3.63, 3.8) is 0 Å². The molecule has 0 aliphatic carbocycles. The molecular formula is C24H22F3N3O4. The average molecular weight is 473 g/mol. The zero-order valence-corrected chi connectivity index (χ0v) is 18.2. The molecule has 0 radical (unpaired) electrons. The second kappa shape index (κ2) is 9.60. The molecule has 0 unspecified atom stereocenters. The van der Waals surface area contributed by atoms with Gasteiger partial charge in [0.05, 0.1) is 23.9 Å². The third-order valence-corrected chi connectivity index (χ3v) is 5.15. The Morgan fingerprint density at radius 1 is 1.21 bits per heavy atom. The van der Waals surface area contributed by atoms with Gasteiger partial charge in [0.2, 0.25) is 0 Å². The van der Waals surface area contributed by atoms with E-state index in [-0.39, 0.29) is 30.6 Å². The molecule has 4 rings (SSSR count). The molecule has 178 valence electrons. The average Bonchev–Trinajstić information content (AvgIpc) is 2.82. The van der Waals surface area contributed by atoms with Gasteiger partial charge < -0.3 is 24.8 Å². The van der Waals surface area contributed by atoms with Crippen LogP contribution in [0.4, 0.5) is 30.4 Å². The van der Waals surface area contributed by atoms with E-state index < -0.39 is 18.7 Å². The summed E-state index contributed by atoms with van der Waals surface area (Å²) in [6, 6.07) is 14.0. The van der Waals surface area contributed by atoms with Crippen LogP contribution in [0.1, 0.15) is 15.9 Å². The molecule has 2 N–H and O–H groups in total. The molecule has 0 spiro atoms. The maximum Gasteiger partial charge on any atom is 0.422 e. The summed E-state index contributed by atoms with van der Waals surface area (Å²) in [4.78, 5) is 19.3. The fourth-order valence-corrected chi connectivity index (χ4v) is 3.54. The van der Waals surface area contributed by atoms with E-state index in [9.17, 15) is 23.1 Å². The summed E-state index contributed by atoms with van der Waals surface area (Å²) < 4.78 is 47.5. The Kier molecular flexibility index (Phi) is 6.60. The summed E-state index contributed by atoms with van der Waals surface area (Å²) in [5.41, 5.74) is 2.22. The topological polar surface area (TPSA) is 83.9 Å². The first kappa shape index (κ1) is 23.4. The Balaban J connectivity index is 1.56. The number of carbonyl (C=O) groups is 1. The summed E-state index contributed by atoms with van der Waals surface area (Å²) in [5, 5.41) is 12.6. The number of aliphatic hydroxyl groups excluding tert-OH is 1. The van der Waals surface area contributed by atoms with Gasteiger partial charge in [-0.15, -0.1) is 0 Å². The first-order valence-electron chi connectivity index (χ1n) is 10.4. The van der Waals surface area contributed by atoms with Crippen LogP contribution in [0.25, 0.3) is 0 Å². The minimum Gasteiger partial charge on any atom is -0.488 e. The second-order valence-electron chi connectivity index (χ2n) is 7.75. The second-order valence-corrected chi connectivity index (χ2v) is 7.75. The minimum absolute atomic E-state index is 0.0343. The van der Waals surface area contributed by atoms with Gasteiger partial charge in [-0.2, -0.15) is 13.2 Å². The molecule has 1 aromatic heterocycles. The fraction of sp³-hybridized carbons (Fsp3) is 0.250. The van der Waals surface area contributed by atoms with Crippen molar-refractivity contribution >= 4 is 23.1 Å². The third kappa shape index (κ3) is 5.23. The number of anilines is 3. The van der Waals surface area contributed by atoms with Gasteiger partial charge in [0, 0.05) is 11.9 Å². The monoisotopic (exact) mass is 473 g/mol. The van der Waals surface area contributed by atoms with Gasteiger partial charge in [0.1, 0.15) is 18.2 Å². The number of alkyl halides is 3. The predicted octanol–water partition coefficient (Wildman–Crippen LogP) is 4.47. The summed E-state index contributed by atoms with van der Waals surface area (Å²) in [6.07, 6.45) is -2.71. The minimum atomic E-state index is -4.43. The zero-order valence-electron chi connectivity index (χ0n) is 18.2. The highest BCUT2D eigenvalue weighted by Crippen LogP contribution is 2.41. The molecule has 0 saturated heterocycles. The molecular weight excluding hydrogens is 451 g/mol. The van der Waals surface area contributed by atoms with Crippen molar-refractivity contribution in [3.05, 3.63) is 71.9 Å². The molecule has 7 nitrogen and oxygen atoms in total. The highest BCUT2D eigenvalue weighted by Gasteiger charge is 2.32. The number of halogens is 3. The molecule has 34 heavy (non-hydrogen) atoms. The molecule has 0 bridgehead atoms. The number of hydrogen-bond acceptors (Lipinski definition) is 6. The number of carbonyl (C=O) groups excluding carboxylic acids is 1. The SMILES string of the molecule is Cc1ccc(N2c3cccc(C(=O)Nc4ccc(OCC(F)(F)F)cc4)c3OC[C@@H]2CO)nc1. The lowest BCUT2D eigenvalue weighted by atomic mass is 10.1. The Labute approximate surface area is 193 Å². The van der Waals surface area contributed by atoms with Gasteiger partial charge in [0.25, 0.3) is 5.91 Å². The van der Waals surface area contributed by atoms with Crippen molar-refractivity contribution in [3.8, 4) is 11.5 Å². The normalized spacial score (nSPS) is 15.3. The van der Waals surface area contributed by atoms with E-state index in [4.69, 9.17) is 4.74 Å². The van der Waals surface area contributed by atoms with Gasteiger partial charge in [-0.05, 0) is 55.0 Å². The van der Waals surface area contributed by atoms with E-state index in [0.29, 0.717) is 22.9 Å². The van der Waals surface area contributed by atoms with E-state index >= 15 is 0 Å². The molecule has 1 atom stereocenters. The summed E-state index contributed by atoms with van der Waals surface area (Å²) >= 11 is 0. The van der Waals surface area contributed by atoms with E-state index in [0.717, 1.165) is 5.56 Å². The van der Waals surface area contributed by atoms with Gasteiger partial charge in [-0.3, -0.25) is 4.79 Å². The summed E-state index contributed by atoms with van der Waals surface area (Å²) in [7, 11) is 0. The lowest BCUT2D eigenvalue weighted by Crippen LogP contribution is -2.43. The quantitative estimate of drug-likeness (QED) is 0.550. The molecule has 10 heteroatoms. The van der Waals surface area contributed by atoms with Crippen LogP contribution >= 0.6 is 0 Å². The van der Waals surface area contributed by atoms with Gasteiger partial charge >= 0.3 is 6.18 Å². The number of ether oxygens (including phenoxy) is 2. The van der Waals surface area contributed by atoms with Crippen LogP contribution in [-0.4, -0.2) is 48.0 Å². The Morgan fingerprint density at radius 2 is 1.97 bits per heavy atom. The smallest absolute Gasteiger partial charge is 0.422 e. The van der Waals surface area contributed by atoms with Crippen LogP contribution in [-0.2, 0) is 0 Å². The van der Waals surface area contributed by atoms with Crippen molar-refractivity contribution in [2.24, 2.45) is 0 Å². The van der Waals surface area contributed by atoms with Gasteiger partial charge in [0.15, 0.2) is 12.4 Å². The lowest BCUT2D eigenvalue weighted by molar-refractivity contribution is -0.153. The van der Waals surface area contributed by atoms with Crippen molar-refractivity contribution in [1.29, 1.82) is 0 Å². The Bertz CT molecular complexity index is 1150. The number of pyridine rings is 1. The van der Waals surface area contributed by atoms with Crippen LogP contribution in [0.15, 0.2) is 60.8 Å². The number of aromatic nitrogens is 1. The first-order chi connectivity index (χ1) is 16.2. The molecule has 2 heterocycles. The highest BCUT2D eigenvalue weighted by atomic mass is 19.4. The maximum atomic E-state index is 13.0. The number of nitrogens with zero attached hydrogens (tertiary/aromatic N) is 2. The zero-order chi connectivity index (χ0) is 24.3. The molecule has 0 saturated carbocycles. The maximum absolute atomic E-state index is 13.0. The Morgan fingerprint density at radius 3 is 2.62 bits per heavy atom.